The highest BCUT2D eigenvalue weighted by Gasteiger charge is 2.22. The minimum atomic E-state index is -0.0939. The van der Waals surface area contributed by atoms with Gasteiger partial charge in [-0.1, -0.05) is 83.4 Å². The quantitative estimate of drug-likeness (QED) is 0.0982. The van der Waals surface area contributed by atoms with E-state index < -0.39 is 0 Å². The maximum atomic E-state index is 12.3. The minimum Gasteiger partial charge on any atom is -0.427 e. The lowest BCUT2D eigenvalue weighted by Crippen LogP contribution is -2.19. The third-order valence-electron chi connectivity index (χ3n) is 6.71. The van der Waals surface area contributed by atoms with E-state index in [2.05, 4.69) is 43.4 Å². The number of esters is 1. The van der Waals surface area contributed by atoms with Gasteiger partial charge in [-0.25, -0.2) is 0 Å². The molecule has 186 valence electrons. The summed E-state index contributed by atoms with van der Waals surface area (Å²) in [5.41, 5.74) is 2.70. The molecule has 1 aliphatic rings. The van der Waals surface area contributed by atoms with Gasteiger partial charge in [0.2, 0.25) is 0 Å². The van der Waals surface area contributed by atoms with E-state index in [1.165, 1.54) is 81.8 Å². The van der Waals surface area contributed by atoms with E-state index in [1.54, 1.807) is 0 Å². The predicted octanol–water partition coefficient (Wildman–Crippen LogP) is 8.62. The molecule has 0 fully saturated rings. The first kappa shape index (κ1) is 27.6. The highest BCUT2D eigenvalue weighted by molar-refractivity contribution is 5.72. The highest BCUT2D eigenvalue weighted by Crippen LogP contribution is 2.33. The number of carbonyl (C=O) groups excluding carboxylic acids is 1. The van der Waals surface area contributed by atoms with E-state index in [4.69, 9.17) is 4.74 Å². The van der Waals surface area contributed by atoms with Crippen molar-refractivity contribution in [2.45, 2.75) is 129 Å². The molecular formula is C30H49NO2. The molecular weight excluding hydrogens is 406 g/mol. The zero-order valence-electron chi connectivity index (χ0n) is 21.5. The van der Waals surface area contributed by atoms with E-state index in [9.17, 15) is 4.79 Å². The van der Waals surface area contributed by atoms with Gasteiger partial charge in [0, 0.05) is 12.5 Å². The van der Waals surface area contributed by atoms with E-state index >= 15 is 0 Å². The summed E-state index contributed by atoms with van der Waals surface area (Å²) in [5.74, 6) is 0.611. The highest BCUT2D eigenvalue weighted by atomic mass is 16.5. The Morgan fingerprint density at radius 3 is 2.27 bits per heavy atom. The Morgan fingerprint density at radius 2 is 1.58 bits per heavy atom. The van der Waals surface area contributed by atoms with Gasteiger partial charge in [-0.15, -0.1) is 0 Å². The smallest absolute Gasteiger partial charge is 0.311 e. The zero-order chi connectivity index (χ0) is 23.6. The van der Waals surface area contributed by atoms with Crippen molar-refractivity contribution in [2.24, 2.45) is 0 Å². The molecule has 1 atom stereocenters. The monoisotopic (exact) mass is 455 g/mol. The van der Waals surface area contributed by atoms with Crippen molar-refractivity contribution in [3.05, 3.63) is 41.5 Å². The van der Waals surface area contributed by atoms with E-state index in [0.717, 1.165) is 38.6 Å². The van der Waals surface area contributed by atoms with Crippen LogP contribution < -0.4 is 10.1 Å². The molecule has 0 spiro atoms. The Balaban J connectivity index is 1.47. The molecule has 1 aromatic rings. The first-order chi connectivity index (χ1) is 16.2. The number of hydrogen-bond donors (Lipinski definition) is 1. The number of fused-ring (bicyclic) bond motifs is 1. The molecule has 1 aromatic carbocycles. The summed E-state index contributed by atoms with van der Waals surface area (Å²) in [7, 11) is 0. The Hall–Kier alpha value is -1.61. The number of unbranched alkanes of at least 4 members (excludes halogenated alkanes) is 11. The summed E-state index contributed by atoms with van der Waals surface area (Å²) >= 11 is 0. The number of aryl methyl sites for hydroxylation is 1. The number of hydrogen-bond acceptors (Lipinski definition) is 3. The van der Waals surface area contributed by atoms with Crippen LogP contribution in [-0.2, 0) is 11.2 Å². The van der Waals surface area contributed by atoms with Crippen LogP contribution in [0.3, 0.4) is 0 Å². The molecule has 3 heteroatoms. The summed E-state index contributed by atoms with van der Waals surface area (Å²) in [6, 6.07) is 6.57. The SMILES string of the molecule is CCCCCCCC/C=C\CCCCCCCC(=O)Oc1ccc2c(c1)C(NCCC)CC2. The molecule has 1 aliphatic carbocycles. The summed E-state index contributed by atoms with van der Waals surface area (Å²) in [5, 5.41) is 3.61. The summed E-state index contributed by atoms with van der Waals surface area (Å²) in [6.45, 7) is 5.49. The second-order valence-corrected chi connectivity index (χ2v) is 9.71. The van der Waals surface area contributed by atoms with Crippen LogP contribution in [0.5, 0.6) is 5.75 Å². The molecule has 33 heavy (non-hydrogen) atoms. The lowest BCUT2D eigenvalue weighted by atomic mass is 10.1. The number of ether oxygens (including phenoxy) is 1. The number of benzene rings is 1. The molecule has 2 rings (SSSR count). The largest absolute Gasteiger partial charge is 0.427 e. The van der Waals surface area contributed by atoms with Gasteiger partial charge in [-0.2, -0.15) is 0 Å². The van der Waals surface area contributed by atoms with Crippen LogP contribution >= 0.6 is 0 Å². The number of nitrogens with one attached hydrogen (secondary N) is 1. The van der Waals surface area contributed by atoms with Crippen LogP contribution in [0.1, 0.15) is 134 Å². The maximum absolute atomic E-state index is 12.3. The number of allylic oxidation sites excluding steroid dienone is 2. The van der Waals surface area contributed by atoms with Gasteiger partial charge in [-0.05, 0) is 81.2 Å². The van der Waals surface area contributed by atoms with Gasteiger partial charge in [0.05, 0.1) is 0 Å². The van der Waals surface area contributed by atoms with Crippen LogP contribution in [0.15, 0.2) is 30.4 Å². The molecule has 0 aliphatic heterocycles. The molecule has 0 saturated heterocycles. The standard InChI is InChI=1S/C30H49NO2/c1-3-5-6-7-8-9-10-11-12-13-14-15-16-17-18-19-30(32)33-27-22-20-26-21-23-29(28(26)25-27)31-24-4-2/h11-12,20,22,25,29,31H,3-10,13-19,21,23-24H2,1-2H3/b12-11-. The molecule has 1 unspecified atom stereocenters. The van der Waals surface area contributed by atoms with Crippen LogP contribution in [0, 0.1) is 0 Å². The average Bonchev–Trinajstić information content (AvgIpc) is 3.22. The summed E-state index contributed by atoms with van der Waals surface area (Å²) < 4.78 is 5.64. The molecule has 0 heterocycles. The van der Waals surface area contributed by atoms with Crippen molar-refractivity contribution in [3.8, 4) is 5.75 Å². The van der Waals surface area contributed by atoms with Gasteiger partial charge in [-0.3, -0.25) is 4.79 Å². The zero-order valence-corrected chi connectivity index (χ0v) is 21.5. The van der Waals surface area contributed by atoms with Crippen molar-refractivity contribution in [3.63, 3.8) is 0 Å². The Bertz CT molecular complexity index is 682. The third-order valence-corrected chi connectivity index (χ3v) is 6.71. The van der Waals surface area contributed by atoms with Crippen molar-refractivity contribution < 1.29 is 9.53 Å². The van der Waals surface area contributed by atoms with Crippen LogP contribution in [0.4, 0.5) is 0 Å². The first-order valence-electron chi connectivity index (χ1n) is 14.0. The molecule has 0 radical (unpaired) electrons. The van der Waals surface area contributed by atoms with Crippen LogP contribution in [-0.4, -0.2) is 12.5 Å². The molecule has 3 nitrogen and oxygen atoms in total. The Kier molecular flexibility index (Phi) is 14.9. The predicted molar refractivity (Wildman–Crippen MR) is 141 cm³/mol. The minimum absolute atomic E-state index is 0.0939. The van der Waals surface area contributed by atoms with E-state index in [1.807, 2.05) is 6.07 Å². The van der Waals surface area contributed by atoms with Crippen LogP contribution in [0.25, 0.3) is 0 Å². The van der Waals surface area contributed by atoms with Gasteiger partial charge in [0.15, 0.2) is 0 Å². The number of carbonyl (C=O) groups is 1. The first-order valence-corrected chi connectivity index (χ1v) is 14.0. The number of rotatable bonds is 19. The average molecular weight is 456 g/mol. The Morgan fingerprint density at radius 1 is 0.909 bits per heavy atom. The van der Waals surface area contributed by atoms with E-state index in [0.29, 0.717) is 18.2 Å². The van der Waals surface area contributed by atoms with Crippen molar-refractivity contribution in [1.29, 1.82) is 0 Å². The fourth-order valence-electron chi connectivity index (χ4n) is 4.70. The van der Waals surface area contributed by atoms with Crippen molar-refractivity contribution in [2.75, 3.05) is 6.54 Å². The third kappa shape index (κ3) is 11.9. The van der Waals surface area contributed by atoms with Gasteiger partial charge in [0.1, 0.15) is 5.75 Å². The van der Waals surface area contributed by atoms with E-state index in [-0.39, 0.29) is 5.97 Å². The molecule has 1 N–H and O–H groups in total. The van der Waals surface area contributed by atoms with Gasteiger partial charge >= 0.3 is 5.97 Å². The van der Waals surface area contributed by atoms with Gasteiger partial charge in [0.25, 0.3) is 0 Å². The topological polar surface area (TPSA) is 38.3 Å². The second-order valence-electron chi connectivity index (χ2n) is 9.71. The molecule has 0 aromatic heterocycles. The lowest BCUT2D eigenvalue weighted by Gasteiger charge is -2.14. The summed E-state index contributed by atoms with van der Waals surface area (Å²) in [4.78, 5) is 12.3. The Labute approximate surface area is 203 Å². The lowest BCUT2D eigenvalue weighted by molar-refractivity contribution is -0.134. The van der Waals surface area contributed by atoms with Crippen LogP contribution in [0.2, 0.25) is 0 Å². The van der Waals surface area contributed by atoms with Gasteiger partial charge < -0.3 is 10.1 Å². The fraction of sp³-hybridized carbons (Fsp3) is 0.700. The van der Waals surface area contributed by atoms with Crippen molar-refractivity contribution >= 4 is 5.97 Å². The summed E-state index contributed by atoms with van der Waals surface area (Å²) in [6.07, 6.45) is 25.1. The maximum Gasteiger partial charge on any atom is 0.311 e. The van der Waals surface area contributed by atoms with Crippen molar-refractivity contribution in [1.82, 2.24) is 5.32 Å². The second kappa shape index (κ2) is 17.8. The normalized spacial score (nSPS) is 15.3. The molecule has 0 saturated carbocycles. The molecule has 0 amide bonds. The molecule has 0 bridgehead atoms. The fourth-order valence-corrected chi connectivity index (χ4v) is 4.70.